The van der Waals surface area contributed by atoms with Crippen molar-refractivity contribution in [3.8, 4) is 0 Å². The van der Waals surface area contributed by atoms with Crippen LogP contribution in [-0.4, -0.2) is 41.2 Å². The molecule has 1 unspecified atom stereocenters. The molecule has 29 heavy (non-hydrogen) atoms. The summed E-state index contributed by atoms with van der Waals surface area (Å²) in [7, 11) is 1.67. The van der Waals surface area contributed by atoms with E-state index in [2.05, 4.69) is 5.32 Å². The monoisotopic (exact) mass is 407 g/mol. The van der Waals surface area contributed by atoms with Gasteiger partial charge in [0.1, 0.15) is 12.1 Å². The number of fused-ring (bicyclic) bond motifs is 1. The Morgan fingerprint density at radius 1 is 1.14 bits per heavy atom. The van der Waals surface area contributed by atoms with Crippen molar-refractivity contribution in [3.05, 3.63) is 70.4 Å². The van der Waals surface area contributed by atoms with Crippen LogP contribution in [0.3, 0.4) is 0 Å². The van der Waals surface area contributed by atoms with E-state index in [0.29, 0.717) is 6.54 Å². The smallest absolute Gasteiger partial charge is 0.325 e. The lowest BCUT2D eigenvalue weighted by atomic mass is 9.88. The van der Waals surface area contributed by atoms with Crippen LogP contribution in [0.2, 0.25) is 0 Å². The number of imide groups is 1. The average molecular weight is 407 g/mol. The number of rotatable bonds is 5. The van der Waals surface area contributed by atoms with Crippen LogP contribution in [0.1, 0.15) is 18.1 Å². The Balaban J connectivity index is 1.57. The molecule has 0 saturated carbocycles. The van der Waals surface area contributed by atoms with Crippen LogP contribution in [0, 0.1) is 0 Å². The zero-order valence-corrected chi connectivity index (χ0v) is 17.0. The van der Waals surface area contributed by atoms with E-state index in [4.69, 9.17) is 0 Å². The van der Waals surface area contributed by atoms with E-state index >= 15 is 0 Å². The lowest BCUT2D eigenvalue weighted by molar-refractivity contribution is -0.138. The van der Waals surface area contributed by atoms with Gasteiger partial charge in [0.25, 0.3) is 5.91 Å². The summed E-state index contributed by atoms with van der Waals surface area (Å²) in [6.07, 6.45) is 0. The summed E-state index contributed by atoms with van der Waals surface area (Å²) in [6, 6.07) is 14.8. The van der Waals surface area contributed by atoms with E-state index in [-0.39, 0.29) is 12.5 Å². The second kappa shape index (κ2) is 7.33. The summed E-state index contributed by atoms with van der Waals surface area (Å²) in [4.78, 5) is 41.0. The highest BCUT2D eigenvalue weighted by atomic mass is 32.1. The first-order valence-corrected chi connectivity index (χ1v) is 10.2. The van der Waals surface area contributed by atoms with Crippen molar-refractivity contribution in [3.63, 3.8) is 0 Å². The molecule has 148 valence electrons. The number of hydrogen-bond donors (Lipinski definition) is 1. The van der Waals surface area contributed by atoms with Crippen molar-refractivity contribution in [2.45, 2.75) is 19.0 Å². The van der Waals surface area contributed by atoms with Gasteiger partial charge >= 0.3 is 6.03 Å². The number of urea groups is 1. The largest absolute Gasteiger partial charge is 0.340 e. The van der Waals surface area contributed by atoms with Crippen molar-refractivity contribution < 1.29 is 14.4 Å². The molecule has 3 aromatic rings. The molecule has 1 aliphatic rings. The van der Waals surface area contributed by atoms with Crippen LogP contribution >= 0.6 is 11.3 Å². The van der Waals surface area contributed by atoms with Crippen LogP contribution in [-0.2, 0) is 21.7 Å². The van der Waals surface area contributed by atoms with Crippen LogP contribution in [0.15, 0.2) is 59.3 Å². The Morgan fingerprint density at radius 2 is 1.90 bits per heavy atom. The third-order valence-corrected chi connectivity index (χ3v) is 6.05. The Kier molecular flexibility index (Phi) is 4.84. The van der Waals surface area contributed by atoms with E-state index in [1.165, 1.54) is 4.90 Å². The molecular formula is C22H21N3O3S. The Labute approximate surface area is 172 Å². The van der Waals surface area contributed by atoms with Crippen LogP contribution in [0.25, 0.3) is 10.8 Å². The summed E-state index contributed by atoms with van der Waals surface area (Å²) in [5.41, 5.74) is 0.517. The minimum atomic E-state index is -1.22. The second-order valence-electron chi connectivity index (χ2n) is 7.35. The van der Waals surface area contributed by atoms with Crippen molar-refractivity contribution in [2.75, 3.05) is 13.6 Å². The fraction of sp³-hybridized carbons (Fsp3) is 0.227. The third-order valence-electron chi connectivity index (χ3n) is 5.32. The first kappa shape index (κ1) is 19.1. The number of nitrogens with one attached hydrogen (secondary N) is 1. The maximum absolute atomic E-state index is 13.2. The number of carbonyl (C=O) groups is 3. The molecule has 1 aromatic heterocycles. The molecule has 6 nitrogen and oxygen atoms in total. The summed E-state index contributed by atoms with van der Waals surface area (Å²) in [6.45, 7) is 1.84. The van der Waals surface area contributed by atoms with Gasteiger partial charge in [-0.15, -0.1) is 0 Å². The lowest BCUT2D eigenvalue weighted by Crippen LogP contribution is -2.43. The van der Waals surface area contributed by atoms with Crippen LogP contribution in [0.4, 0.5) is 4.79 Å². The molecule has 4 amide bonds. The topological polar surface area (TPSA) is 69.7 Å². The Hall–Kier alpha value is -3.19. The molecule has 0 spiro atoms. The minimum absolute atomic E-state index is 0.286. The molecule has 0 radical (unpaired) electrons. The lowest BCUT2D eigenvalue weighted by Gasteiger charge is -2.24. The number of hydrogen-bond acceptors (Lipinski definition) is 4. The predicted octanol–water partition coefficient (Wildman–Crippen LogP) is 3.33. The SMILES string of the molecule is CN(Cc1ccsc1)C(=O)CN1C(=O)NC(C)(c2cccc3ccccc23)C1=O. The van der Waals surface area contributed by atoms with Gasteiger partial charge in [0.15, 0.2) is 0 Å². The van der Waals surface area contributed by atoms with Gasteiger partial charge in [-0.1, -0.05) is 42.5 Å². The van der Waals surface area contributed by atoms with Crippen molar-refractivity contribution in [1.29, 1.82) is 0 Å². The van der Waals surface area contributed by atoms with E-state index in [0.717, 1.165) is 26.8 Å². The second-order valence-corrected chi connectivity index (χ2v) is 8.13. The van der Waals surface area contributed by atoms with Gasteiger partial charge in [-0.2, -0.15) is 11.3 Å². The van der Waals surface area contributed by atoms with Gasteiger partial charge in [-0.05, 0) is 45.6 Å². The van der Waals surface area contributed by atoms with Gasteiger partial charge in [0.05, 0.1) is 0 Å². The molecule has 1 fully saturated rings. The van der Waals surface area contributed by atoms with E-state index in [1.54, 1.807) is 25.3 Å². The van der Waals surface area contributed by atoms with Crippen LogP contribution < -0.4 is 5.32 Å². The zero-order valence-electron chi connectivity index (χ0n) is 16.2. The van der Waals surface area contributed by atoms with E-state index in [1.807, 2.05) is 59.3 Å². The maximum Gasteiger partial charge on any atom is 0.325 e. The fourth-order valence-electron chi connectivity index (χ4n) is 3.69. The first-order valence-electron chi connectivity index (χ1n) is 9.27. The maximum atomic E-state index is 13.2. The summed E-state index contributed by atoms with van der Waals surface area (Å²) >= 11 is 1.56. The molecule has 0 aliphatic carbocycles. The predicted molar refractivity (Wildman–Crippen MR) is 112 cm³/mol. The van der Waals surface area contributed by atoms with Crippen molar-refractivity contribution >= 4 is 40.0 Å². The number of benzene rings is 2. The van der Waals surface area contributed by atoms with Crippen LogP contribution in [0.5, 0.6) is 0 Å². The highest BCUT2D eigenvalue weighted by Gasteiger charge is 2.50. The summed E-state index contributed by atoms with van der Waals surface area (Å²) in [5, 5.41) is 8.59. The highest BCUT2D eigenvalue weighted by Crippen LogP contribution is 2.33. The average Bonchev–Trinajstić information content (AvgIpc) is 3.30. The van der Waals surface area contributed by atoms with Crippen molar-refractivity contribution in [2.24, 2.45) is 0 Å². The minimum Gasteiger partial charge on any atom is -0.340 e. The molecule has 7 heteroatoms. The third kappa shape index (κ3) is 3.38. The molecular weight excluding hydrogens is 386 g/mol. The zero-order chi connectivity index (χ0) is 20.6. The Morgan fingerprint density at radius 3 is 2.66 bits per heavy atom. The van der Waals surface area contributed by atoms with E-state index in [9.17, 15) is 14.4 Å². The molecule has 4 rings (SSSR count). The van der Waals surface area contributed by atoms with Gasteiger partial charge in [0.2, 0.25) is 5.91 Å². The number of nitrogens with zero attached hydrogens (tertiary/aromatic N) is 2. The highest BCUT2D eigenvalue weighted by molar-refractivity contribution is 7.07. The molecule has 2 aromatic carbocycles. The molecule has 1 saturated heterocycles. The first-order chi connectivity index (χ1) is 13.9. The normalized spacial score (nSPS) is 18.9. The standard InChI is InChI=1S/C22H21N3O3S/c1-22(18-9-5-7-16-6-3-4-8-17(16)18)20(27)25(21(28)23-22)13-19(26)24(2)12-15-10-11-29-14-15/h3-11,14H,12-13H2,1-2H3,(H,23,28). The fourth-order valence-corrected chi connectivity index (χ4v) is 4.34. The molecule has 0 bridgehead atoms. The Bertz CT molecular complexity index is 1090. The summed E-state index contributed by atoms with van der Waals surface area (Å²) in [5.74, 6) is -0.710. The quantitative estimate of drug-likeness (QED) is 0.660. The van der Waals surface area contributed by atoms with Gasteiger partial charge in [-0.3, -0.25) is 14.5 Å². The molecule has 1 aliphatic heterocycles. The molecule has 1 N–H and O–H groups in total. The molecule has 1 atom stereocenters. The van der Waals surface area contributed by atoms with Gasteiger partial charge in [-0.25, -0.2) is 4.79 Å². The van der Waals surface area contributed by atoms with Gasteiger partial charge in [0, 0.05) is 13.6 Å². The number of likely N-dealkylation sites (N-methyl/N-ethyl adjacent to an activating group) is 1. The number of thiophene rings is 1. The number of carbonyl (C=O) groups excluding carboxylic acids is 3. The van der Waals surface area contributed by atoms with Crippen molar-refractivity contribution in [1.82, 2.24) is 15.1 Å². The summed E-state index contributed by atoms with van der Waals surface area (Å²) < 4.78 is 0. The van der Waals surface area contributed by atoms with Gasteiger partial charge < -0.3 is 10.2 Å². The molecule has 2 heterocycles. The van der Waals surface area contributed by atoms with E-state index < -0.39 is 17.5 Å². The number of amides is 4.